The third kappa shape index (κ3) is 3.58. The Balaban J connectivity index is 2.45. The number of aromatic carboxylic acids is 1. The van der Waals surface area contributed by atoms with E-state index < -0.39 is 16.8 Å². The van der Waals surface area contributed by atoms with Gasteiger partial charge in [0.25, 0.3) is 11.6 Å². The molecule has 0 aromatic heterocycles. The van der Waals surface area contributed by atoms with Crippen LogP contribution in [0.3, 0.4) is 0 Å². The molecule has 0 atom stereocenters. The van der Waals surface area contributed by atoms with Gasteiger partial charge in [-0.1, -0.05) is 35.3 Å². The van der Waals surface area contributed by atoms with Gasteiger partial charge in [0.05, 0.1) is 26.1 Å². The molecule has 0 heterocycles. The minimum atomic E-state index is -1.38. The molecule has 0 aliphatic rings. The maximum absolute atomic E-state index is 12.3. The van der Waals surface area contributed by atoms with Gasteiger partial charge in [0.1, 0.15) is 5.69 Å². The van der Waals surface area contributed by atoms with E-state index in [1.807, 2.05) is 0 Å². The van der Waals surface area contributed by atoms with Gasteiger partial charge in [-0.25, -0.2) is 4.79 Å². The number of amides is 1. The third-order valence-corrected chi connectivity index (χ3v) is 3.61. The number of carboxylic acids is 1. The second-order valence-corrected chi connectivity index (χ2v) is 5.16. The minimum absolute atomic E-state index is 0.00984. The normalized spacial score (nSPS) is 10.2. The molecule has 0 fully saturated rings. The quantitative estimate of drug-likeness (QED) is 0.639. The fourth-order valence-corrected chi connectivity index (χ4v) is 2.17. The summed E-state index contributed by atoms with van der Waals surface area (Å²) in [5, 5.41) is 22.4. The smallest absolute Gasteiger partial charge is 0.336 e. The minimum Gasteiger partial charge on any atom is -0.478 e. The Morgan fingerprint density at radius 2 is 1.65 bits per heavy atom. The Morgan fingerprint density at radius 1 is 1.09 bits per heavy atom. The average Bonchev–Trinajstić information content (AvgIpc) is 2.49. The van der Waals surface area contributed by atoms with Crippen molar-refractivity contribution in [1.29, 1.82) is 0 Å². The van der Waals surface area contributed by atoms with Gasteiger partial charge in [0.15, 0.2) is 0 Å². The van der Waals surface area contributed by atoms with E-state index in [0.717, 1.165) is 12.1 Å². The maximum Gasteiger partial charge on any atom is 0.336 e. The number of anilines is 1. The van der Waals surface area contributed by atoms with Crippen molar-refractivity contribution < 1.29 is 19.6 Å². The summed E-state index contributed by atoms with van der Waals surface area (Å²) < 4.78 is 0. The first-order chi connectivity index (χ1) is 10.8. The number of nitro benzene ring substituents is 1. The molecule has 2 N–H and O–H groups in total. The number of halogens is 2. The number of hydrogen-bond acceptors (Lipinski definition) is 4. The van der Waals surface area contributed by atoms with Crippen LogP contribution < -0.4 is 5.32 Å². The Morgan fingerprint density at radius 3 is 2.22 bits per heavy atom. The standard InChI is InChI=1S/C14H8Cl2N2O5/c15-9-5-7(8(14(20)21)6-10(9)16)13(19)17-11-3-1-2-4-12(11)18(22)23/h1-6H,(H,17,19)(H,20,21). The summed E-state index contributed by atoms with van der Waals surface area (Å²) in [6.07, 6.45) is 0. The van der Waals surface area contributed by atoms with Crippen LogP contribution in [0.4, 0.5) is 11.4 Å². The predicted molar refractivity (Wildman–Crippen MR) is 84.5 cm³/mol. The summed E-state index contributed by atoms with van der Waals surface area (Å²) in [6, 6.07) is 7.61. The van der Waals surface area contributed by atoms with Gasteiger partial charge in [0.2, 0.25) is 0 Å². The molecule has 1 amide bonds. The lowest BCUT2D eigenvalue weighted by molar-refractivity contribution is -0.383. The summed E-state index contributed by atoms with van der Waals surface area (Å²) >= 11 is 11.6. The van der Waals surface area contributed by atoms with Crippen LogP contribution in [-0.2, 0) is 0 Å². The lowest BCUT2D eigenvalue weighted by Crippen LogP contribution is -2.17. The Labute approximate surface area is 139 Å². The molecular formula is C14H8Cl2N2O5. The Bertz CT molecular complexity index is 823. The molecule has 2 aromatic rings. The van der Waals surface area contributed by atoms with Crippen LogP contribution in [0.2, 0.25) is 10.0 Å². The number of para-hydroxylation sites is 2. The van der Waals surface area contributed by atoms with E-state index in [1.165, 1.54) is 24.3 Å². The van der Waals surface area contributed by atoms with Gasteiger partial charge in [-0.3, -0.25) is 14.9 Å². The average molecular weight is 355 g/mol. The molecule has 0 aliphatic heterocycles. The van der Waals surface area contributed by atoms with Crippen molar-refractivity contribution in [1.82, 2.24) is 0 Å². The van der Waals surface area contributed by atoms with Crippen molar-refractivity contribution in [2.45, 2.75) is 0 Å². The van der Waals surface area contributed by atoms with Crippen LogP contribution >= 0.6 is 23.2 Å². The van der Waals surface area contributed by atoms with Crippen LogP contribution in [0.25, 0.3) is 0 Å². The first-order valence-electron chi connectivity index (χ1n) is 6.08. The number of nitrogens with one attached hydrogen (secondary N) is 1. The number of benzene rings is 2. The van der Waals surface area contributed by atoms with Crippen LogP contribution in [0.1, 0.15) is 20.7 Å². The van der Waals surface area contributed by atoms with E-state index in [0.29, 0.717) is 0 Å². The zero-order valence-electron chi connectivity index (χ0n) is 11.2. The van der Waals surface area contributed by atoms with Gasteiger partial charge in [-0.15, -0.1) is 0 Å². The van der Waals surface area contributed by atoms with Crippen LogP contribution in [-0.4, -0.2) is 21.9 Å². The van der Waals surface area contributed by atoms with Crippen molar-refractivity contribution in [2.24, 2.45) is 0 Å². The van der Waals surface area contributed by atoms with E-state index in [4.69, 9.17) is 28.3 Å². The van der Waals surface area contributed by atoms with Crippen molar-refractivity contribution >= 4 is 46.5 Å². The van der Waals surface area contributed by atoms with Crippen molar-refractivity contribution in [3.05, 3.63) is 67.7 Å². The molecule has 0 saturated carbocycles. The number of carbonyl (C=O) groups is 2. The summed E-state index contributed by atoms with van der Waals surface area (Å²) in [4.78, 5) is 33.8. The summed E-state index contributed by atoms with van der Waals surface area (Å²) in [5.41, 5.74) is -1.01. The number of nitrogens with zero attached hydrogens (tertiary/aromatic N) is 1. The second-order valence-electron chi connectivity index (χ2n) is 4.35. The first-order valence-corrected chi connectivity index (χ1v) is 6.84. The molecule has 9 heteroatoms. The number of nitro groups is 1. The summed E-state index contributed by atoms with van der Waals surface area (Å²) in [7, 11) is 0. The second kappa shape index (κ2) is 6.64. The molecule has 0 saturated heterocycles. The topological polar surface area (TPSA) is 110 Å². The molecule has 0 spiro atoms. The van der Waals surface area contributed by atoms with Gasteiger partial charge in [0, 0.05) is 6.07 Å². The highest BCUT2D eigenvalue weighted by molar-refractivity contribution is 6.42. The van der Waals surface area contributed by atoms with Gasteiger partial charge in [-0.2, -0.15) is 0 Å². The molecule has 0 unspecified atom stereocenters. The fourth-order valence-electron chi connectivity index (χ4n) is 1.84. The summed E-state index contributed by atoms with van der Waals surface area (Å²) in [5.74, 6) is -2.23. The molecule has 2 aromatic carbocycles. The molecule has 7 nitrogen and oxygen atoms in total. The zero-order valence-corrected chi connectivity index (χ0v) is 12.8. The lowest BCUT2D eigenvalue weighted by atomic mass is 10.1. The number of rotatable bonds is 4. The van der Waals surface area contributed by atoms with Crippen LogP contribution in [0.5, 0.6) is 0 Å². The van der Waals surface area contributed by atoms with E-state index in [2.05, 4.69) is 5.32 Å². The van der Waals surface area contributed by atoms with E-state index in [1.54, 1.807) is 0 Å². The largest absolute Gasteiger partial charge is 0.478 e. The SMILES string of the molecule is O=C(O)c1cc(Cl)c(Cl)cc1C(=O)Nc1ccccc1[N+](=O)[O-]. The molecule has 0 radical (unpaired) electrons. The molecule has 23 heavy (non-hydrogen) atoms. The Kier molecular flexibility index (Phi) is 4.83. The lowest BCUT2D eigenvalue weighted by Gasteiger charge is -2.09. The zero-order chi connectivity index (χ0) is 17.1. The monoisotopic (exact) mass is 354 g/mol. The maximum atomic E-state index is 12.3. The molecular weight excluding hydrogens is 347 g/mol. The first kappa shape index (κ1) is 16.7. The molecule has 2 rings (SSSR count). The van der Waals surface area contributed by atoms with E-state index >= 15 is 0 Å². The van der Waals surface area contributed by atoms with Gasteiger partial charge >= 0.3 is 5.97 Å². The molecule has 0 aliphatic carbocycles. The highest BCUT2D eigenvalue weighted by Gasteiger charge is 2.21. The van der Waals surface area contributed by atoms with Gasteiger partial charge < -0.3 is 10.4 Å². The Hall–Kier alpha value is -2.64. The highest BCUT2D eigenvalue weighted by Crippen LogP contribution is 2.28. The van der Waals surface area contributed by atoms with Crippen molar-refractivity contribution in [3.63, 3.8) is 0 Å². The predicted octanol–water partition coefficient (Wildman–Crippen LogP) is 3.85. The van der Waals surface area contributed by atoms with Crippen LogP contribution in [0.15, 0.2) is 36.4 Å². The number of carbonyl (C=O) groups excluding carboxylic acids is 1. The van der Waals surface area contributed by atoms with E-state index in [9.17, 15) is 19.7 Å². The highest BCUT2D eigenvalue weighted by atomic mass is 35.5. The molecule has 0 bridgehead atoms. The fraction of sp³-hybridized carbons (Fsp3) is 0. The van der Waals surface area contributed by atoms with E-state index in [-0.39, 0.29) is 32.5 Å². The van der Waals surface area contributed by atoms with Gasteiger partial charge in [-0.05, 0) is 18.2 Å². The van der Waals surface area contributed by atoms with Crippen LogP contribution in [0, 0.1) is 10.1 Å². The third-order valence-electron chi connectivity index (χ3n) is 2.88. The molecule has 118 valence electrons. The number of hydrogen-bond donors (Lipinski definition) is 2. The summed E-state index contributed by atoms with van der Waals surface area (Å²) in [6.45, 7) is 0. The van der Waals surface area contributed by atoms with Crippen molar-refractivity contribution in [3.8, 4) is 0 Å². The van der Waals surface area contributed by atoms with Crippen molar-refractivity contribution in [2.75, 3.05) is 5.32 Å². The number of carboxylic acid groups (broad SMARTS) is 1.